The number of anilines is 1. The number of aromatic nitrogens is 2. The Balaban J connectivity index is 1.17. The topological polar surface area (TPSA) is 60.4 Å². The Labute approximate surface area is 235 Å². The molecule has 3 fully saturated rings. The van der Waals surface area contributed by atoms with Gasteiger partial charge < -0.3 is 25.8 Å². The summed E-state index contributed by atoms with van der Waals surface area (Å²) in [5, 5.41) is 16.1. The number of nitrogens with one attached hydrogen (secondary N) is 3. The molecule has 212 valence electrons. The van der Waals surface area contributed by atoms with Crippen LogP contribution in [0.2, 0.25) is 0 Å². The van der Waals surface area contributed by atoms with Gasteiger partial charge in [-0.15, -0.1) is 0 Å². The molecule has 2 aromatic rings. The summed E-state index contributed by atoms with van der Waals surface area (Å²) in [7, 11) is 4.16. The summed E-state index contributed by atoms with van der Waals surface area (Å²) in [5.41, 5.74) is 3.68. The molecule has 1 aromatic heterocycles. The van der Waals surface area contributed by atoms with E-state index < -0.39 is 0 Å². The summed E-state index contributed by atoms with van der Waals surface area (Å²) in [6.45, 7) is 17.6. The van der Waals surface area contributed by atoms with Crippen LogP contribution in [0.5, 0.6) is 0 Å². The first-order valence-electron chi connectivity index (χ1n) is 15.1. The number of rotatable bonds is 12. The molecule has 39 heavy (non-hydrogen) atoms. The van der Waals surface area contributed by atoms with Crippen molar-refractivity contribution >= 4 is 16.7 Å². The molecule has 1 aromatic carbocycles. The van der Waals surface area contributed by atoms with Gasteiger partial charge in [-0.3, -0.25) is 4.68 Å². The first-order valence-corrected chi connectivity index (χ1v) is 15.1. The predicted octanol–water partition coefficient (Wildman–Crippen LogP) is 5.05. The van der Waals surface area contributed by atoms with Crippen molar-refractivity contribution in [2.24, 2.45) is 18.9 Å². The Morgan fingerprint density at radius 3 is 2.67 bits per heavy atom. The van der Waals surface area contributed by atoms with E-state index in [1.807, 2.05) is 10.9 Å². The van der Waals surface area contributed by atoms with Crippen LogP contribution in [0, 0.1) is 11.8 Å². The second kappa shape index (κ2) is 12.6. The van der Waals surface area contributed by atoms with Crippen LogP contribution in [0.15, 0.2) is 55.7 Å². The molecular formula is C32H49N7. The first kappa shape index (κ1) is 27.8. The summed E-state index contributed by atoms with van der Waals surface area (Å²) in [6, 6.07) is 7.76. The van der Waals surface area contributed by atoms with Gasteiger partial charge in [-0.05, 0) is 100 Å². The van der Waals surface area contributed by atoms with Gasteiger partial charge in [-0.25, -0.2) is 0 Å². The van der Waals surface area contributed by atoms with Gasteiger partial charge in [0.2, 0.25) is 0 Å². The SMILES string of the molecule is C=CNCCC(CCC1CC(NC)C1)CN1CCC(c2ccc3c(N4CCC(=C)NC4=C)nn(C)c3c2)CC1. The maximum atomic E-state index is 4.89. The van der Waals surface area contributed by atoms with E-state index in [4.69, 9.17) is 5.10 Å². The van der Waals surface area contributed by atoms with Crippen LogP contribution in [0.1, 0.15) is 62.8 Å². The maximum absolute atomic E-state index is 4.89. The van der Waals surface area contributed by atoms with Gasteiger partial charge in [0.05, 0.1) is 5.52 Å². The van der Waals surface area contributed by atoms with Crippen LogP contribution in [-0.4, -0.2) is 60.5 Å². The number of nitrogens with zero attached hydrogens (tertiary/aromatic N) is 4. The van der Waals surface area contributed by atoms with E-state index in [-0.39, 0.29) is 0 Å². The quantitative estimate of drug-likeness (QED) is 0.333. The average Bonchev–Trinajstić information content (AvgIpc) is 3.23. The van der Waals surface area contributed by atoms with Crippen molar-refractivity contribution in [3.05, 3.63) is 61.2 Å². The van der Waals surface area contributed by atoms with Gasteiger partial charge in [0.1, 0.15) is 5.82 Å². The fraction of sp³-hybridized carbons (Fsp3) is 0.594. The van der Waals surface area contributed by atoms with Crippen molar-refractivity contribution < 1.29 is 0 Å². The summed E-state index contributed by atoms with van der Waals surface area (Å²) in [6.07, 6.45) is 11.9. The van der Waals surface area contributed by atoms with Crippen molar-refractivity contribution in [2.45, 2.75) is 63.3 Å². The number of piperidine rings is 1. The molecule has 3 aliphatic rings. The second-order valence-corrected chi connectivity index (χ2v) is 12.1. The van der Waals surface area contributed by atoms with E-state index in [0.717, 1.165) is 54.7 Å². The van der Waals surface area contributed by atoms with Crippen LogP contribution in [-0.2, 0) is 7.05 Å². The van der Waals surface area contributed by atoms with E-state index >= 15 is 0 Å². The summed E-state index contributed by atoms with van der Waals surface area (Å²) >= 11 is 0. The number of fused-ring (bicyclic) bond motifs is 1. The largest absolute Gasteiger partial charge is 0.391 e. The maximum Gasteiger partial charge on any atom is 0.164 e. The Morgan fingerprint density at radius 2 is 1.95 bits per heavy atom. The fourth-order valence-electron chi connectivity index (χ4n) is 6.87. The molecule has 5 rings (SSSR count). The lowest BCUT2D eigenvalue weighted by atomic mass is 9.76. The molecule has 3 heterocycles. The fourth-order valence-corrected chi connectivity index (χ4v) is 6.87. The first-order chi connectivity index (χ1) is 18.9. The van der Waals surface area contributed by atoms with Crippen LogP contribution in [0.3, 0.4) is 0 Å². The van der Waals surface area contributed by atoms with Gasteiger partial charge in [-0.1, -0.05) is 32.2 Å². The van der Waals surface area contributed by atoms with Gasteiger partial charge >= 0.3 is 0 Å². The molecule has 0 spiro atoms. The standard InChI is InChI=1S/C32H49N7/c1-6-34-15-11-25(7-8-26-19-29(20-26)33-4)22-38-16-13-27(14-17-38)28-9-10-30-31(21-28)37(5)36-32(30)39-18-12-23(2)35-24(39)3/h6,9-10,21,25-27,29,33-35H,1-3,7-8,11-20,22H2,4-5H3. The summed E-state index contributed by atoms with van der Waals surface area (Å²) < 4.78 is 2.03. The molecule has 2 aliphatic heterocycles. The molecule has 0 bridgehead atoms. The van der Waals surface area contributed by atoms with Gasteiger partial charge in [0.25, 0.3) is 0 Å². The lowest BCUT2D eigenvalue weighted by Crippen LogP contribution is -2.40. The van der Waals surface area contributed by atoms with Crippen molar-refractivity contribution in [2.75, 3.05) is 44.7 Å². The normalized spacial score (nSPS) is 23.5. The number of hydrogen-bond donors (Lipinski definition) is 3. The lowest BCUT2D eigenvalue weighted by Gasteiger charge is -2.37. The van der Waals surface area contributed by atoms with Crippen molar-refractivity contribution in [1.29, 1.82) is 0 Å². The average molecular weight is 532 g/mol. The van der Waals surface area contributed by atoms with Crippen LogP contribution in [0.25, 0.3) is 10.9 Å². The van der Waals surface area contributed by atoms with Crippen molar-refractivity contribution in [3.8, 4) is 0 Å². The highest BCUT2D eigenvalue weighted by Gasteiger charge is 2.29. The third kappa shape index (κ3) is 6.52. The minimum Gasteiger partial charge on any atom is -0.391 e. The van der Waals surface area contributed by atoms with Crippen molar-refractivity contribution in [1.82, 2.24) is 30.6 Å². The zero-order valence-electron chi connectivity index (χ0n) is 24.2. The molecule has 1 saturated carbocycles. The Hall–Kier alpha value is -2.77. The minimum absolute atomic E-state index is 0.619. The van der Waals surface area contributed by atoms with Gasteiger partial charge in [0, 0.05) is 50.2 Å². The Kier molecular flexibility index (Phi) is 8.98. The van der Waals surface area contributed by atoms with Crippen LogP contribution in [0.4, 0.5) is 5.82 Å². The molecular weight excluding hydrogens is 482 g/mol. The molecule has 3 N–H and O–H groups in total. The third-order valence-corrected chi connectivity index (χ3v) is 9.44. The molecule has 2 saturated heterocycles. The molecule has 1 atom stereocenters. The smallest absolute Gasteiger partial charge is 0.164 e. The number of likely N-dealkylation sites (tertiary alicyclic amines) is 1. The monoisotopic (exact) mass is 531 g/mol. The highest BCUT2D eigenvalue weighted by molar-refractivity contribution is 5.92. The minimum atomic E-state index is 0.619. The van der Waals surface area contributed by atoms with Crippen molar-refractivity contribution in [3.63, 3.8) is 0 Å². The third-order valence-electron chi connectivity index (χ3n) is 9.44. The Bertz CT molecular complexity index is 1150. The van der Waals surface area contributed by atoms with E-state index in [0.29, 0.717) is 5.92 Å². The van der Waals surface area contributed by atoms with Gasteiger partial charge in [0.15, 0.2) is 5.82 Å². The highest BCUT2D eigenvalue weighted by atomic mass is 15.4. The highest BCUT2D eigenvalue weighted by Crippen LogP contribution is 2.36. The van der Waals surface area contributed by atoms with Crippen LogP contribution < -0.4 is 20.9 Å². The summed E-state index contributed by atoms with van der Waals surface area (Å²) in [5.74, 6) is 4.15. The second-order valence-electron chi connectivity index (χ2n) is 12.1. The zero-order chi connectivity index (χ0) is 27.4. The predicted molar refractivity (Wildman–Crippen MR) is 164 cm³/mol. The van der Waals surface area contributed by atoms with E-state index in [1.54, 1.807) is 0 Å². The zero-order valence-corrected chi connectivity index (χ0v) is 24.2. The number of hydrogen-bond acceptors (Lipinski definition) is 6. The van der Waals surface area contributed by atoms with Gasteiger partial charge in [-0.2, -0.15) is 5.10 Å². The van der Waals surface area contributed by atoms with Crippen LogP contribution >= 0.6 is 0 Å². The molecule has 7 nitrogen and oxygen atoms in total. The molecule has 1 aliphatic carbocycles. The molecule has 0 amide bonds. The Morgan fingerprint density at radius 1 is 1.15 bits per heavy atom. The molecule has 1 unspecified atom stereocenters. The summed E-state index contributed by atoms with van der Waals surface area (Å²) in [4.78, 5) is 4.91. The molecule has 7 heteroatoms. The lowest BCUT2D eigenvalue weighted by molar-refractivity contribution is 0.157. The van der Waals surface area contributed by atoms with E-state index in [1.165, 1.54) is 81.0 Å². The number of aryl methyl sites for hydroxylation is 1. The number of benzene rings is 1. The van der Waals surface area contributed by atoms with E-state index in [2.05, 4.69) is 77.8 Å². The molecule has 0 radical (unpaired) electrons. The van der Waals surface area contributed by atoms with E-state index in [9.17, 15) is 0 Å².